The van der Waals surface area contributed by atoms with Crippen LogP contribution < -0.4 is 10.1 Å². The summed E-state index contributed by atoms with van der Waals surface area (Å²) in [5, 5.41) is 7.10. The SMILES string of the molecule is COc1ccc(-c2noc([C@@H]3CCCN3C(=O)Nc3cc(C)cc(C)c3)n2)cc1. The number of ether oxygens (including phenoxy) is 1. The lowest BCUT2D eigenvalue weighted by atomic mass is 10.1. The van der Waals surface area contributed by atoms with Crippen LogP contribution in [0.2, 0.25) is 0 Å². The number of aryl methyl sites for hydroxylation is 2. The summed E-state index contributed by atoms with van der Waals surface area (Å²) in [5.74, 6) is 1.73. The standard InChI is InChI=1S/C22H24N4O3/c1-14-11-15(2)13-17(12-14)23-22(27)26-10-4-5-19(26)21-24-20(25-29-21)16-6-8-18(28-3)9-7-16/h6-9,11-13,19H,4-5,10H2,1-3H3,(H,23,27)/t19-/m0/s1. The van der Waals surface area contributed by atoms with Gasteiger partial charge in [0.2, 0.25) is 11.7 Å². The lowest BCUT2D eigenvalue weighted by molar-refractivity contribution is 0.193. The number of carbonyl (C=O) groups is 1. The Morgan fingerprint density at radius 1 is 1.17 bits per heavy atom. The average Bonchev–Trinajstić information content (AvgIpc) is 3.36. The smallest absolute Gasteiger partial charge is 0.322 e. The van der Waals surface area contributed by atoms with E-state index in [1.807, 2.05) is 50.2 Å². The molecule has 2 aromatic carbocycles. The molecule has 1 N–H and O–H groups in total. The molecule has 2 heterocycles. The van der Waals surface area contributed by atoms with Crippen molar-refractivity contribution < 1.29 is 14.1 Å². The summed E-state index contributed by atoms with van der Waals surface area (Å²) in [6, 6.07) is 13.1. The van der Waals surface area contributed by atoms with E-state index in [1.165, 1.54) is 0 Å². The maximum Gasteiger partial charge on any atom is 0.322 e. The van der Waals surface area contributed by atoms with Gasteiger partial charge in [-0.25, -0.2) is 4.79 Å². The fourth-order valence-electron chi connectivity index (χ4n) is 3.74. The van der Waals surface area contributed by atoms with Gasteiger partial charge in [-0.05, 0) is 74.2 Å². The van der Waals surface area contributed by atoms with Crippen LogP contribution in [0.4, 0.5) is 10.5 Å². The van der Waals surface area contributed by atoms with Crippen LogP contribution in [0.3, 0.4) is 0 Å². The maximum absolute atomic E-state index is 12.9. The van der Waals surface area contributed by atoms with Gasteiger partial charge in [-0.3, -0.25) is 0 Å². The highest BCUT2D eigenvalue weighted by Gasteiger charge is 2.34. The van der Waals surface area contributed by atoms with Crippen LogP contribution in [-0.4, -0.2) is 34.7 Å². The largest absolute Gasteiger partial charge is 0.497 e. The lowest BCUT2D eigenvalue weighted by Gasteiger charge is -2.22. The number of amides is 2. The minimum absolute atomic E-state index is 0.151. The molecule has 1 aliphatic heterocycles. The highest BCUT2D eigenvalue weighted by Crippen LogP contribution is 2.33. The zero-order valence-electron chi connectivity index (χ0n) is 16.8. The zero-order chi connectivity index (χ0) is 20.4. The van der Waals surface area contributed by atoms with Gasteiger partial charge in [0.15, 0.2) is 0 Å². The molecule has 0 saturated carbocycles. The molecular weight excluding hydrogens is 368 g/mol. The normalized spacial score (nSPS) is 16.1. The highest BCUT2D eigenvalue weighted by molar-refractivity contribution is 5.90. The maximum atomic E-state index is 12.9. The number of anilines is 1. The van der Waals surface area contributed by atoms with E-state index in [-0.39, 0.29) is 12.1 Å². The van der Waals surface area contributed by atoms with Gasteiger partial charge in [0.05, 0.1) is 7.11 Å². The molecule has 1 atom stereocenters. The number of urea groups is 1. The summed E-state index contributed by atoms with van der Waals surface area (Å²) in [6.45, 7) is 4.68. The van der Waals surface area contributed by atoms with Crippen LogP contribution in [0, 0.1) is 13.8 Å². The second-order valence-corrected chi connectivity index (χ2v) is 7.34. The third kappa shape index (κ3) is 4.08. The first-order valence-corrected chi connectivity index (χ1v) is 9.67. The monoisotopic (exact) mass is 392 g/mol. The Kier molecular flexibility index (Phi) is 5.20. The van der Waals surface area contributed by atoms with Crippen LogP contribution in [0.25, 0.3) is 11.4 Å². The van der Waals surface area contributed by atoms with Crippen molar-refractivity contribution in [3.05, 3.63) is 59.5 Å². The molecule has 0 spiro atoms. The predicted molar refractivity (Wildman–Crippen MR) is 110 cm³/mol. The summed E-state index contributed by atoms with van der Waals surface area (Å²) in [4.78, 5) is 19.2. The second-order valence-electron chi connectivity index (χ2n) is 7.34. The van der Waals surface area contributed by atoms with Crippen LogP contribution in [-0.2, 0) is 0 Å². The van der Waals surface area contributed by atoms with Crippen molar-refractivity contribution in [2.45, 2.75) is 32.7 Å². The highest BCUT2D eigenvalue weighted by atomic mass is 16.5. The topological polar surface area (TPSA) is 80.5 Å². The Bertz CT molecular complexity index is 993. The zero-order valence-corrected chi connectivity index (χ0v) is 16.8. The first kappa shape index (κ1) is 19.0. The second kappa shape index (κ2) is 7.95. The van der Waals surface area contributed by atoms with Gasteiger partial charge in [0.25, 0.3) is 0 Å². The number of carbonyl (C=O) groups excluding carboxylic acids is 1. The van der Waals surface area contributed by atoms with Crippen LogP contribution in [0.1, 0.15) is 35.9 Å². The number of likely N-dealkylation sites (tertiary alicyclic amines) is 1. The number of methoxy groups -OCH3 is 1. The number of rotatable bonds is 4. The fraction of sp³-hybridized carbons (Fsp3) is 0.318. The molecule has 1 fully saturated rings. The number of nitrogens with zero attached hydrogens (tertiary/aromatic N) is 3. The Labute approximate surface area is 169 Å². The average molecular weight is 392 g/mol. The molecule has 0 aliphatic carbocycles. The van der Waals surface area contributed by atoms with E-state index in [1.54, 1.807) is 12.0 Å². The number of aromatic nitrogens is 2. The first-order chi connectivity index (χ1) is 14.0. The van der Waals surface area contributed by atoms with Crippen LogP contribution >= 0.6 is 0 Å². The fourth-order valence-corrected chi connectivity index (χ4v) is 3.74. The van der Waals surface area contributed by atoms with Crippen molar-refractivity contribution in [2.24, 2.45) is 0 Å². The van der Waals surface area contributed by atoms with Crippen molar-refractivity contribution in [3.8, 4) is 17.1 Å². The van der Waals surface area contributed by atoms with E-state index in [4.69, 9.17) is 9.26 Å². The van der Waals surface area contributed by atoms with E-state index in [0.29, 0.717) is 18.3 Å². The Morgan fingerprint density at radius 2 is 1.90 bits per heavy atom. The van der Waals surface area contributed by atoms with Crippen molar-refractivity contribution >= 4 is 11.7 Å². The summed E-state index contributed by atoms with van der Waals surface area (Å²) in [7, 11) is 1.62. The quantitative estimate of drug-likeness (QED) is 0.694. The predicted octanol–water partition coefficient (Wildman–Crippen LogP) is 4.73. The molecule has 7 nitrogen and oxygen atoms in total. The Balaban J connectivity index is 1.50. The van der Waals surface area contributed by atoms with E-state index in [0.717, 1.165) is 41.0 Å². The van der Waals surface area contributed by atoms with Crippen molar-refractivity contribution in [2.75, 3.05) is 19.0 Å². The third-order valence-corrected chi connectivity index (χ3v) is 5.06. The number of benzene rings is 2. The summed E-state index contributed by atoms with van der Waals surface area (Å²) in [6.07, 6.45) is 1.69. The van der Waals surface area contributed by atoms with Crippen LogP contribution in [0.15, 0.2) is 47.0 Å². The minimum atomic E-state index is -0.222. The molecule has 4 rings (SSSR count). The van der Waals surface area contributed by atoms with Gasteiger partial charge in [0, 0.05) is 17.8 Å². The molecule has 1 aliphatic rings. The number of hydrogen-bond acceptors (Lipinski definition) is 5. The molecule has 0 unspecified atom stereocenters. The summed E-state index contributed by atoms with van der Waals surface area (Å²) in [5.41, 5.74) is 3.85. The van der Waals surface area contributed by atoms with Crippen molar-refractivity contribution in [1.82, 2.24) is 15.0 Å². The molecule has 7 heteroatoms. The van der Waals surface area contributed by atoms with Crippen molar-refractivity contribution in [3.63, 3.8) is 0 Å². The van der Waals surface area contributed by atoms with Crippen molar-refractivity contribution in [1.29, 1.82) is 0 Å². The van der Waals surface area contributed by atoms with Crippen LogP contribution in [0.5, 0.6) is 5.75 Å². The van der Waals surface area contributed by atoms with Gasteiger partial charge >= 0.3 is 6.03 Å². The molecule has 1 saturated heterocycles. The molecule has 3 aromatic rings. The lowest BCUT2D eigenvalue weighted by Crippen LogP contribution is -2.34. The summed E-state index contributed by atoms with van der Waals surface area (Å²) >= 11 is 0. The third-order valence-electron chi connectivity index (χ3n) is 5.06. The molecular formula is C22H24N4O3. The van der Waals surface area contributed by atoms with E-state index < -0.39 is 0 Å². The van der Waals surface area contributed by atoms with Gasteiger partial charge in [-0.15, -0.1) is 0 Å². The van der Waals surface area contributed by atoms with Gasteiger partial charge in [0.1, 0.15) is 11.8 Å². The molecule has 0 bridgehead atoms. The van der Waals surface area contributed by atoms with E-state index in [2.05, 4.69) is 21.5 Å². The van der Waals surface area contributed by atoms with Gasteiger partial charge in [-0.1, -0.05) is 11.2 Å². The summed E-state index contributed by atoms with van der Waals surface area (Å²) < 4.78 is 10.7. The Morgan fingerprint density at radius 3 is 2.59 bits per heavy atom. The van der Waals surface area contributed by atoms with Gasteiger partial charge < -0.3 is 19.5 Å². The molecule has 29 heavy (non-hydrogen) atoms. The Hall–Kier alpha value is -3.35. The molecule has 0 radical (unpaired) electrons. The number of hydrogen-bond donors (Lipinski definition) is 1. The molecule has 2 amide bonds. The molecule has 150 valence electrons. The van der Waals surface area contributed by atoms with E-state index >= 15 is 0 Å². The number of nitrogens with one attached hydrogen (secondary N) is 1. The first-order valence-electron chi connectivity index (χ1n) is 9.67. The van der Waals surface area contributed by atoms with E-state index in [9.17, 15) is 4.79 Å². The van der Waals surface area contributed by atoms with Gasteiger partial charge in [-0.2, -0.15) is 4.98 Å². The minimum Gasteiger partial charge on any atom is -0.497 e. The molecule has 1 aromatic heterocycles.